The van der Waals surface area contributed by atoms with E-state index in [1.54, 1.807) is 17.5 Å². The van der Waals surface area contributed by atoms with Gasteiger partial charge in [-0.25, -0.2) is 9.37 Å². The van der Waals surface area contributed by atoms with E-state index in [0.29, 0.717) is 17.7 Å². The summed E-state index contributed by atoms with van der Waals surface area (Å²) < 4.78 is 14.4. The van der Waals surface area contributed by atoms with E-state index >= 15 is 0 Å². The number of thiazole rings is 1. The standard InChI is InChI=1S/C11H9BrFNOS/c12-7-1-2-9(13)8(5-7)10-6-16-11(14-10)3-4-15/h1-2,5-6,15H,3-4H2. The van der Waals surface area contributed by atoms with Gasteiger partial charge in [0.05, 0.1) is 10.7 Å². The van der Waals surface area contributed by atoms with E-state index in [4.69, 9.17) is 5.11 Å². The lowest BCUT2D eigenvalue weighted by atomic mass is 10.1. The van der Waals surface area contributed by atoms with Gasteiger partial charge in [-0.1, -0.05) is 15.9 Å². The number of hydrogen-bond acceptors (Lipinski definition) is 3. The molecule has 16 heavy (non-hydrogen) atoms. The predicted molar refractivity (Wildman–Crippen MR) is 66.0 cm³/mol. The summed E-state index contributed by atoms with van der Waals surface area (Å²) in [6.45, 7) is 0.0634. The Kier molecular flexibility index (Phi) is 3.68. The molecule has 0 aliphatic rings. The number of benzene rings is 1. The van der Waals surface area contributed by atoms with Crippen LogP contribution in [0, 0.1) is 5.82 Å². The van der Waals surface area contributed by atoms with Crippen LogP contribution in [0.25, 0.3) is 11.3 Å². The summed E-state index contributed by atoms with van der Waals surface area (Å²) >= 11 is 4.73. The van der Waals surface area contributed by atoms with Gasteiger partial charge in [0.25, 0.3) is 0 Å². The van der Waals surface area contributed by atoms with Gasteiger partial charge in [-0.3, -0.25) is 0 Å². The molecule has 0 spiro atoms. The Balaban J connectivity index is 2.38. The van der Waals surface area contributed by atoms with Crippen molar-refractivity contribution in [3.8, 4) is 11.3 Å². The molecule has 2 aromatic rings. The van der Waals surface area contributed by atoms with Crippen molar-refractivity contribution in [1.82, 2.24) is 4.98 Å². The van der Waals surface area contributed by atoms with Crippen molar-refractivity contribution in [2.45, 2.75) is 6.42 Å². The van der Waals surface area contributed by atoms with E-state index in [1.807, 2.05) is 0 Å². The Morgan fingerprint density at radius 1 is 1.44 bits per heavy atom. The molecule has 1 N–H and O–H groups in total. The third-order valence-electron chi connectivity index (χ3n) is 2.08. The third kappa shape index (κ3) is 2.48. The van der Waals surface area contributed by atoms with Crippen LogP contribution in [-0.4, -0.2) is 16.7 Å². The summed E-state index contributed by atoms with van der Waals surface area (Å²) in [5.41, 5.74) is 1.10. The molecular weight excluding hydrogens is 293 g/mol. The van der Waals surface area contributed by atoms with Crippen LogP contribution in [0.1, 0.15) is 5.01 Å². The minimum Gasteiger partial charge on any atom is -0.396 e. The molecule has 5 heteroatoms. The summed E-state index contributed by atoms with van der Waals surface area (Å²) in [4.78, 5) is 4.27. The molecule has 0 saturated heterocycles. The number of rotatable bonds is 3. The first-order valence-electron chi connectivity index (χ1n) is 4.71. The van der Waals surface area contributed by atoms with E-state index in [9.17, 15) is 4.39 Å². The zero-order valence-electron chi connectivity index (χ0n) is 8.28. The van der Waals surface area contributed by atoms with Crippen LogP contribution < -0.4 is 0 Å². The van der Waals surface area contributed by atoms with Gasteiger partial charge in [-0.05, 0) is 18.2 Å². The molecule has 0 aliphatic carbocycles. The zero-order chi connectivity index (χ0) is 11.5. The van der Waals surface area contributed by atoms with Crippen molar-refractivity contribution in [3.63, 3.8) is 0 Å². The Bertz CT molecular complexity index is 500. The average Bonchev–Trinajstić information content (AvgIpc) is 2.71. The minimum absolute atomic E-state index is 0.0634. The molecule has 0 radical (unpaired) electrons. The normalized spacial score (nSPS) is 10.7. The Morgan fingerprint density at radius 2 is 2.25 bits per heavy atom. The molecule has 1 aromatic carbocycles. The first-order chi connectivity index (χ1) is 7.70. The lowest BCUT2D eigenvalue weighted by molar-refractivity contribution is 0.299. The van der Waals surface area contributed by atoms with Gasteiger partial charge in [0.15, 0.2) is 0 Å². The Hall–Kier alpha value is -0.780. The van der Waals surface area contributed by atoms with E-state index in [1.165, 1.54) is 17.4 Å². The lowest BCUT2D eigenvalue weighted by Crippen LogP contribution is -1.90. The second kappa shape index (κ2) is 5.03. The van der Waals surface area contributed by atoms with Crippen molar-refractivity contribution in [2.75, 3.05) is 6.61 Å². The van der Waals surface area contributed by atoms with Crippen LogP contribution in [0.2, 0.25) is 0 Å². The first-order valence-corrected chi connectivity index (χ1v) is 6.38. The van der Waals surface area contributed by atoms with Crippen LogP contribution in [0.15, 0.2) is 28.1 Å². The molecule has 1 heterocycles. The number of halogens is 2. The molecule has 84 valence electrons. The number of aromatic nitrogens is 1. The fraction of sp³-hybridized carbons (Fsp3) is 0.182. The Morgan fingerprint density at radius 3 is 3.00 bits per heavy atom. The predicted octanol–water partition coefficient (Wildman–Crippen LogP) is 3.25. The third-order valence-corrected chi connectivity index (χ3v) is 3.48. The summed E-state index contributed by atoms with van der Waals surface area (Å²) in [6.07, 6.45) is 0.514. The molecule has 0 fully saturated rings. The highest BCUT2D eigenvalue weighted by molar-refractivity contribution is 9.10. The van der Waals surface area contributed by atoms with Crippen LogP contribution in [0.4, 0.5) is 4.39 Å². The molecule has 0 amide bonds. The maximum absolute atomic E-state index is 13.5. The molecule has 0 unspecified atom stereocenters. The zero-order valence-corrected chi connectivity index (χ0v) is 10.7. The highest BCUT2D eigenvalue weighted by Crippen LogP contribution is 2.27. The van der Waals surface area contributed by atoms with Crippen molar-refractivity contribution in [2.24, 2.45) is 0 Å². The van der Waals surface area contributed by atoms with Crippen molar-refractivity contribution in [3.05, 3.63) is 38.9 Å². The number of hydrogen-bond donors (Lipinski definition) is 1. The highest BCUT2D eigenvalue weighted by Gasteiger charge is 2.09. The van der Waals surface area contributed by atoms with E-state index in [-0.39, 0.29) is 12.4 Å². The average molecular weight is 302 g/mol. The van der Waals surface area contributed by atoms with Gasteiger partial charge in [-0.15, -0.1) is 11.3 Å². The number of aliphatic hydroxyl groups excluding tert-OH is 1. The quantitative estimate of drug-likeness (QED) is 0.944. The Labute approximate surface area is 105 Å². The van der Waals surface area contributed by atoms with Gasteiger partial charge in [0.1, 0.15) is 5.82 Å². The topological polar surface area (TPSA) is 33.1 Å². The molecule has 0 atom stereocenters. The van der Waals surface area contributed by atoms with Gasteiger partial charge in [0, 0.05) is 28.4 Å². The molecule has 0 aliphatic heterocycles. The second-order valence-electron chi connectivity index (χ2n) is 3.22. The molecule has 0 saturated carbocycles. The van der Waals surface area contributed by atoms with E-state index in [2.05, 4.69) is 20.9 Å². The fourth-order valence-electron chi connectivity index (χ4n) is 1.34. The molecule has 2 rings (SSSR count). The summed E-state index contributed by atoms with van der Waals surface area (Å²) in [5.74, 6) is -0.288. The lowest BCUT2D eigenvalue weighted by Gasteiger charge is -1.99. The maximum Gasteiger partial charge on any atom is 0.132 e. The molecular formula is C11H9BrFNOS. The van der Waals surface area contributed by atoms with Gasteiger partial charge in [0.2, 0.25) is 0 Å². The summed E-state index contributed by atoms with van der Waals surface area (Å²) in [7, 11) is 0. The maximum atomic E-state index is 13.5. The molecule has 2 nitrogen and oxygen atoms in total. The minimum atomic E-state index is -0.288. The van der Waals surface area contributed by atoms with Gasteiger partial charge in [-0.2, -0.15) is 0 Å². The smallest absolute Gasteiger partial charge is 0.132 e. The van der Waals surface area contributed by atoms with Crippen molar-refractivity contribution >= 4 is 27.3 Å². The summed E-state index contributed by atoms with van der Waals surface area (Å²) in [5, 5.41) is 11.4. The monoisotopic (exact) mass is 301 g/mol. The van der Waals surface area contributed by atoms with Crippen molar-refractivity contribution < 1.29 is 9.50 Å². The molecule has 0 bridgehead atoms. The SMILES string of the molecule is OCCc1nc(-c2cc(Br)ccc2F)cs1. The molecule has 1 aromatic heterocycles. The van der Waals surface area contributed by atoms with Crippen LogP contribution >= 0.6 is 27.3 Å². The van der Waals surface area contributed by atoms with Crippen LogP contribution in [0.5, 0.6) is 0 Å². The van der Waals surface area contributed by atoms with E-state index < -0.39 is 0 Å². The number of nitrogens with zero attached hydrogens (tertiary/aromatic N) is 1. The van der Waals surface area contributed by atoms with Gasteiger partial charge >= 0.3 is 0 Å². The highest BCUT2D eigenvalue weighted by atomic mass is 79.9. The first kappa shape index (κ1) is 11.7. The van der Waals surface area contributed by atoms with Crippen molar-refractivity contribution in [1.29, 1.82) is 0 Å². The van der Waals surface area contributed by atoms with E-state index in [0.717, 1.165) is 9.48 Å². The number of aliphatic hydroxyl groups is 1. The summed E-state index contributed by atoms with van der Waals surface area (Å²) in [6, 6.07) is 4.76. The largest absolute Gasteiger partial charge is 0.396 e. The van der Waals surface area contributed by atoms with Gasteiger partial charge < -0.3 is 5.11 Å². The second-order valence-corrected chi connectivity index (χ2v) is 5.08. The van der Waals surface area contributed by atoms with Crippen LogP contribution in [0.3, 0.4) is 0 Å². The van der Waals surface area contributed by atoms with Crippen LogP contribution in [-0.2, 0) is 6.42 Å². The fourth-order valence-corrected chi connectivity index (χ4v) is 2.49.